The Kier molecular flexibility index (Phi) is 4.80. The van der Waals surface area contributed by atoms with Crippen molar-refractivity contribution in [3.05, 3.63) is 23.8 Å². The van der Waals surface area contributed by atoms with Crippen molar-refractivity contribution in [2.75, 3.05) is 50.6 Å². The molecule has 1 aliphatic heterocycles. The Labute approximate surface area is 126 Å². The second-order valence-corrected chi connectivity index (χ2v) is 5.15. The van der Waals surface area contributed by atoms with Crippen molar-refractivity contribution in [1.82, 2.24) is 4.90 Å². The van der Waals surface area contributed by atoms with Crippen molar-refractivity contribution in [3.63, 3.8) is 0 Å². The number of benzene rings is 1. The van der Waals surface area contributed by atoms with Crippen LogP contribution in [-0.4, -0.2) is 51.3 Å². The molecule has 1 aromatic rings. The molecule has 22 heavy (non-hydrogen) atoms. The van der Waals surface area contributed by atoms with E-state index in [4.69, 9.17) is 4.74 Å². The van der Waals surface area contributed by atoms with E-state index < -0.39 is 17.8 Å². The molecule has 0 atom stereocenters. The Bertz CT molecular complexity index is 541. The fourth-order valence-corrected chi connectivity index (χ4v) is 2.11. The van der Waals surface area contributed by atoms with Gasteiger partial charge in [0.15, 0.2) is 0 Å². The van der Waals surface area contributed by atoms with Gasteiger partial charge in [-0.15, -0.1) is 0 Å². The number of carbonyl (C=O) groups is 1. The third-order valence-electron chi connectivity index (χ3n) is 3.36. The van der Waals surface area contributed by atoms with E-state index in [2.05, 4.69) is 5.32 Å². The predicted octanol–water partition coefficient (Wildman–Crippen LogP) is 2.64. The largest absolute Gasteiger partial charge is 0.418 e. The molecule has 1 saturated heterocycles. The Morgan fingerprint density at radius 3 is 2.45 bits per heavy atom. The molecule has 0 bridgehead atoms. The number of nitrogens with one attached hydrogen (secondary N) is 1. The number of nitrogens with zero attached hydrogens (tertiary/aromatic N) is 2. The lowest BCUT2D eigenvalue weighted by molar-refractivity contribution is -0.136. The van der Waals surface area contributed by atoms with Crippen LogP contribution in [0, 0.1) is 0 Å². The lowest BCUT2D eigenvalue weighted by atomic mass is 10.1. The van der Waals surface area contributed by atoms with E-state index in [-0.39, 0.29) is 5.69 Å². The Morgan fingerprint density at radius 1 is 1.27 bits per heavy atom. The first-order valence-corrected chi connectivity index (χ1v) is 6.81. The normalized spacial score (nSPS) is 15.6. The van der Waals surface area contributed by atoms with Crippen LogP contribution in [0.4, 0.5) is 29.3 Å². The summed E-state index contributed by atoms with van der Waals surface area (Å²) in [5, 5.41) is 2.35. The van der Waals surface area contributed by atoms with Gasteiger partial charge in [-0.3, -0.25) is 0 Å². The molecule has 0 spiro atoms. The van der Waals surface area contributed by atoms with Gasteiger partial charge in [-0.1, -0.05) is 0 Å². The lowest BCUT2D eigenvalue weighted by Gasteiger charge is -2.27. The SMILES string of the molecule is CN(C)c1ccc(NC(=O)N2CCOCC2)c(C(F)(F)F)c1. The first-order valence-electron chi connectivity index (χ1n) is 6.81. The number of amides is 2. The Morgan fingerprint density at radius 2 is 1.91 bits per heavy atom. The van der Waals surface area contributed by atoms with Crippen molar-refractivity contribution in [1.29, 1.82) is 0 Å². The maximum atomic E-state index is 13.2. The third-order valence-corrected chi connectivity index (χ3v) is 3.36. The number of ether oxygens (including phenoxy) is 1. The molecule has 1 aromatic carbocycles. The first kappa shape index (κ1) is 16.4. The van der Waals surface area contributed by atoms with Gasteiger partial charge in [0.25, 0.3) is 0 Å². The molecule has 0 radical (unpaired) electrons. The molecule has 0 aromatic heterocycles. The fraction of sp³-hybridized carbons (Fsp3) is 0.500. The number of urea groups is 1. The van der Waals surface area contributed by atoms with E-state index >= 15 is 0 Å². The molecular weight excluding hydrogens is 299 g/mol. The van der Waals surface area contributed by atoms with E-state index in [0.717, 1.165) is 6.07 Å². The van der Waals surface area contributed by atoms with Gasteiger partial charge in [0, 0.05) is 32.9 Å². The molecule has 0 saturated carbocycles. The van der Waals surface area contributed by atoms with E-state index in [1.165, 1.54) is 17.0 Å². The zero-order valence-corrected chi connectivity index (χ0v) is 12.4. The molecule has 2 rings (SSSR count). The predicted molar refractivity (Wildman–Crippen MR) is 77.2 cm³/mol. The van der Waals surface area contributed by atoms with Crippen molar-refractivity contribution < 1.29 is 22.7 Å². The molecule has 8 heteroatoms. The minimum Gasteiger partial charge on any atom is -0.378 e. The topological polar surface area (TPSA) is 44.8 Å². The molecule has 0 unspecified atom stereocenters. The molecular formula is C14H18F3N3O2. The Balaban J connectivity index is 2.24. The fourth-order valence-electron chi connectivity index (χ4n) is 2.11. The van der Waals surface area contributed by atoms with Crippen LogP contribution in [0.1, 0.15) is 5.56 Å². The van der Waals surface area contributed by atoms with Gasteiger partial charge in [0.1, 0.15) is 0 Å². The summed E-state index contributed by atoms with van der Waals surface area (Å²) in [4.78, 5) is 15.1. The van der Waals surface area contributed by atoms with Crippen LogP contribution in [0.3, 0.4) is 0 Å². The lowest BCUT2D eigenvalue weighted by Crippen LogP contribution is -2.43. The first-order chi connectivity index (χ1) is 10.3. The van der Waals surface area contributed by atoms with Gasteiger partial charge in [0.2, 0.25) is 0 Å². The smallest absolute Gasteiger partial charge is 0.378 e. The monoisotopic (exact) mass is 317 g/mol. The minimum atomic E-state index is -4.54. The van der Waals surface area contributed by atoms with Crippen LogP contribution in [-0.2, 0) is 10.9 Å². The van der Waals surface area contributed by atoms with Gasteiger partial charge in [0.05, 0.1) is 24.5 Å². The standard InChI is InChI=1S/C14H18F3N3O2/c1-19(2)10-3-4-12(11(9-10)14(15,16)17)18-13(21)20-5-7-22-8-6-20/h3-4,9H,5-8H2,1-2H3,(H,18,21). The van der Waals surface area contributed by atoms with Crippen LogP contribution < -0.4 is 10.2 Å². The maximum Gasteiger partial charge on any atom is 0.418 e. The number of rotatable bonds is 2. The molecule has 1 heterocycles. The Hall–Kier alpha value is -1.96. The highest BCUT2D eigenvalue weighted by molar-refractivity contribution is 5.90. The van der Waals surface area contributed by atoms with Crippen LogP contribution in [0.15, 0.2) is 18.2 Å². The summed E-state index contributed by atoms with van der Waals surface area (Å²) in [7, 11) is 3.31. The highest BCUT2D eigenvalue weighted by atomic mass is 19.4. The number of alkyl halides is 3. The number of halogens is 3. The highest BCUT2D eigenvalue weighted by Gasteiger charge is 2.35. The second kappa shape index (κ2) is 6.43. The summed E-state index contributed by atoms with van der Waals surface area (Å²) in [6, 6.07) is 3.28. The quantitative estimate of drug-likeness (QED) is 0.912. The van der Waals surface area contributed by atoms with Crippen molar-refractivity contribution in [2.45, 2.75) is 6.18 Å². The molecule has 0 aliphatic carbocycles. The molecule has 1 aliphatic rings. The van der Waals surface area contributed by atoms with Crippen molar-refractivity contribution >= 4 is 17.4 Å². The molecule has 1 N–H and O–H groups in total. The van der Waals surface area contributed by atoms with Gasteiger partial charge in [-0.05, 0) is 18.2 Å². The van der Waals surface area contributed by atoms with Gasteiger partial charge in [-0.25, -0.2) is 4.79 Å². The number of hydrogen-bond donors (Lipinski definition) is 1. The minimum absolute atomic E-state index is 0.241. The maximum absolute atomic E-state index is 13.2. The van der Waals surface area contributed by atoms with Crippen LogP contribution in [0.25, 0.3) is 0 Å². The highest BCUT2D eigenvalue weighted by Crippen LogP contribution is 2.37. The summed E-state index contributed by atoms with van der Waals surface area (Å²) in [6.07, 6.45) is -4.54. The summed E-state index contributed by atoms with van der Waals surface area (Å²) in [6.45, 7) is 1.50. The number of anilines is 2. The molecule has 1 fully saturated rings. The summed E-state index contributed by atoms with van der Waals surface area (Å²) >= 11 is 0. The molecule has 5 nitrogen and oxygen atoms in total. The average Bonchev–Trinajstić information content (AvgIpc) is 2.47. The van der Waals surface area contributed by atoms with E-state index in [9.17, 15) is 18.0 Å². The van der Waals surface area contributed by atoms with Crippen LogP contribution >= 0.6 is 0 Å². The summed E-state index contributed by atoms with van der Waals surface area (Å²) in [5.74, 6) is 0. The van der Waals surface area contributed by atoms with E-state index in [1.54, 1.807) is 19.0 Å². The summed E-state index contributed by atoms with van der Waals surface area (Å²) < 4.78 is 44.7. The van der Waals surface area contributed by atoms with Crippen LogP contribution in [0.2, 0.25) is 0 Å². The number of morpholine rings is 1. The van der Waals surface area contributed by atoms with Crippen molar-refractivity contribution in [2.24, 2.45) is 0 Å². The van der Waals surface area contributed by atoms with Gasteiger partial charge in [-0.2, -0.15) is 13.2 Å². The molecule has 122 valence electrons. The molecule has 2 amide bonds. The zero-order valence-electron chi connectivity index (χ0n) is 12.4. The van der Waals surface area contributed by atoms with E-state index in [1.807, 2.05) is 0 Å². The number of carbonyl (C=O) groups excluding carboxylic acids is 1. The van der Waals surface area contributed by atoms with Gasteiger partial charge < -0.3 is 19.9 Å². The average molecular weight is 317 g/mol. The van der Waals surface area contributed by atoms with Gasteiger partial charge >= 0.3 is 12.2 Å². The second-order valence-electron chi connectivity index (χ2n) is 5.15. The van der Waals surface area contributed by atoms with Crippen molar-refractivity contribution in [3.8, 4) is 0 Å². The van der Waals surface area contributed by atoms with Crippen LogP contribution in [0.5, 0.6) is 0 Å². The zero-order chi connectivity index (χ0) is 16.3. The summed E-state index contributed by atoms with van der Waals surface area (Å²) in [5.41, 5.74) is -0.688. The van der Waals surface area contributed by atoms with E-state index in [0.29, 0.717) is 32.0 Å². The third kappa shape index (κ3) is 3.82. The number of hydrogen-bond acceptors (Lipinski definition) is 3.